The molecule has 4 heteroatoms. The highest BCUT2D eigenvalue weighted by atomic mass is 16.2. The van der Waals surface area contributed by atoms with Gasteiger partial charge in [-0.3, -0.25) is 4.79 Å². The van der Waals surface area contributed by atoms with Gasteiger partial charge in [0.2, 0.25) is 5.91 Å². The topological polar surface area (TPSA) is 60.7 Å². The second-order valence-corrected chi connectivity index (χ2v) is 8.59. The van der Waals surface area contributed by atoms with E-state index in [9.17, 15) is 4.79 Å². The number of nitrogens with one attached hydrogen (secondary N) is 3. The molecule has 0 radical (unpaired) electrons. The number of para-hydroxylation sites is 2. The highest BCUT2D eigenvalue weighted by Crippen LogP contribution is 2.53. The van der Waals surface area contributed by atoms with Crippen molar-refractivity contribution in [3.63, 3.8) is 0 Å². The van der Waals surface area contributed by atoms with Gasteiger partial charge in [-0.2, -0.15) is 0 Å². The van der Waals surface area contributed by atoms with Crippen LogP contribution in [0.5, 0.6) is 0 Å². The van der Waals surface area contributed by atoms with Crippen molar-refractivity contribution in [2.45, 2.75) is 26.2 Å². The van der Waals surface area contributed by atoms with Crippen LogP contribution in [-0.2, 0) is 10.2 Å². The summed E-state index contributed by atoms with van der Waals surface area (Å²) in [6.07, 6.45) is 0. The highest BCUT2D eigenvalue weighted by Gasteiger charge is 2.53. The van der Waals surface area contributed by atoms with Crippen molar-refractivity contribution in [1.29, 1.82) is 0 Å². The molecule has 3 N–H and O–H groups in total. The number of anilines is 1. The standard InChI is InChI=1S/C27H23N3O/c1-15-12-13-23-20(14-15)27(26(31)30-23,24-16(2)28-21-10-6-4-8-18(21)24)25-17(3)29-22-11-7-5-9-19(22)25/h4-14,28-29H,1-3H3,(H,30,31). The number of aromatic nitrogens is 2. The smallest absolute Gasteiger partial charge is 0.244 e. The van der Waals surface area contributed by atoms with Crippen molar-refractivity contribution in [1.82, 2.24) is 9.97 Å². The maximum atomic E-state index is 14.1. The normalized spacial score (nSPS) is 14.9. The summed E-state index contributed by atoms with van der Waals surface area (Å²) in [5.41, 5.74) is 8.23. The van der Waals surface area contributed by atoms with E-state index < -0.39 is 5.41 Å². The zero-order chi connectivity index (χ0) is 21.3. The summed E-state index contributed by atoms with van der Waals surface area (Å²) in [4.78, 5) is 21.2. The molecule has 31 heavy (non-hydrogen) atoms. The molecule has 4 nitrogen and oxygen atoms in total. The zero-order valence-corrected chi connectivity index (χ0v) is 17.8. The number of hydrogen-bond acceptors (Lipinski definition) is 1. The average molecular weight is 406 g/mol. The van der Waals surface area contributed by atoms with Gasteiger partial charge >= 0.3 is 0 Å². The lowest BCUT2D eigenvalue weighted by atomic mass is 9.68. The van der Waals surface area contributed by atoms with Gasteiger partial charge in [-0.05, 0) is 39.0 Å². The number of aryl methyl sites for hydroxylation is 3. The minimum absolute atomic E-state index is 0.00574. The Morgan fingerprint density at radius 1 is 0.710 bits per heavy atom. The molecule has 0 saturated heterocycles. The molecule has 1 aliphatic heterocycles. The van der Waals surface area contributed by atoms with Crippen LogP contribution in [0, 0.1) is 20.8 Å². The third-order valence-corrected chi connectivity index (χ3v) is 6.71. The van der Waals surface area contributed by atoms with E-state index >= 15 is 0 Å². The largest absolute Gasteiger partial charge is 0.358 e. The van der Waals surface area contributed by atoms with Crippen molar-refractivity contribution < 1.29 is 4.79 Å². The van der Waals surface area contributed by atoms with E-state index in [0.29, 0.717) is 0 Å². The van der Waals surface area contributed by atoms with E-state index in [0.717, 1.165) is 61.1 Å². The number of aromatic amines is 2. The Morgan fingerprint density at radius 2 is 1.26 bits per heavy atom. The molecule has 0 aliphatic carbocycles. The number of H-pyrrole nitrogens is 2. The minimum Gasteiger partial charge on any atom is -0.358 e. The third-order valence-electron chi connectivity index (χ3n) is 6.71. The van der Waals surface area contributed by atoms with E-state index in [-0.39, 0.29) is 5.91 Å². The Morgan fingerprint density at radius 3 is 1.84 bits per heavy atom. The molecule has 0 bridgehead atoms. The fourth-order valence-corrected chi connectivity index (χ4v) is 5.56. The molecule has 2 aromatic heterocycles. The molecule has 3 aromatic carbocycles. The molecule has 1 aliphatic rings. The van der Waals surface area contributed by atoms with Crippen LogP contribution in [0.1, 0.15) is 33.6 Å². The summed E-state index contributed by atoms with van der Waals surface area (Å²) >= 11 is 0. The lowest BCUT2D eigenvalue weighted by Gasteiger charge is -2.30. The number of carbonyl (C=O) groups excluding carboxylic acids is 1. The van der Waals surface area contributed by atoms with Gasteiger partial charge < -0.3 is 15.3 Å². The average Bonchev–Trinajstić information content (AvgIpc) is 3.36. The van der Waals surface area contributed by atoms with Crippen molar-refractivity contribution in [3.05, 3.63) is 100 Å². The van der Waals surface area contributed by atoms with Crippen LogP contribution in [0.4, 0.5) is 5.69 Å². The highest BCUT2D eigenvalue weighted by molar-refractivity contribution is 6.16. The number of benzene rings is 3. The quantitative estimate of drug-likeness (QED) is 0.338. The van der Waals surface area contributed by atoms with Crippen LogP contribution >= 0.6 is 0 Å². The summed E-state index contributed by atoms with van der Waals surface area (Å²) in [6.45, 7) is 6.22. The molecule has 0 fully saturated rings. The fraction of sp³-hybridized carbons (Fsp3) is 0.148. The van der Waals surface area contributed by atoms with Gasteiger partial charge in [-0.1, -0.05) is 54.1 Å². The number of fused-ring (bicyclic) bond motifs is 3. The summed E-state index contributed by atoms with van der Waals surface area (Å²) in [6, 6.07) is 22.8. The maximum Gasteiger partial charge on any atom is 0.244 e. The Bertz CT molecular complexity index is 1440. The van der Waals surface area contributed by atoms with Gasteiger partial charge in [0.1, 0.15) is 5.41 Å². The summed E-state index contributed by atoms with van der Waals surface area (Å²) in [7, 11) is 0. The summed E-state index contributed by atoms with van der Waals surface area (Å²) < 4.78 is 0. The predicted octanol–water partition coefficient (Wildman–Crippen LogP) is 5.86. The third kappa shape index (κ3) is 2.22. The number of amides is 1. The molecule has 3 heterocycles. The first kappa shape index (κ1) is 18.0. The molecular weight excluding hydrogens is 382 g/mol. The van der Waals surface area contributed by atoms with E-state index in [2.05, 4.69) is 72.5 Å². The monoisotopic (exact) mass is 405 g/mol. The Labute approximate surface area is 180 Å². The maximum absolute atomic E-state index is 14.1. The van der Waals surface area contributed by atoms with Gasteiger partial charge in [-0.25, -0.2) is 0 Å². The molecule has 0 atom stereocenters. The first-order valence-corrected chi connectivity index (χ1v) is 10.6. The molecule has 0 unspecified atom stereocenters. The van der Waals surface area contributed by atoms with Crippen LogP contribution < -0.4 is 5.32 Å². The first-order valence-electron chi connectivity index (χ1n) is 10.6. The Balaban J connectivity index is 1.86. The van der Waals surface area contributed by atoms with E-state index in [1.165, 1.54) is 0 Å². The molecular formula is C27H23N3O. The lowest BCUT2D eigenvalue weighted by molar-refractivity contribution is -0.118. The summed E-state index contributed by atoms with van der Waals surface area (Å²) in [5, 5.41) is 5.37. The van der Waals surface area contributed by atoms with Crippen molar-refractivity contribution in [2.24, 2.45) is 0 Å². The number of carbonyl (C=O) groups is 1. The van der Waals surface area contributed by atoms with Crippen LogP contribution in [0.3, 0.4) is 0 Å². The lowest BCUT2D eigenvalue weighted by Crippen LogP contribution is -2.38. The van der Waals surface area contributed by atoms with Crippen molar-refractivity contribution in [3.8, 4) is 0 Å². The van der Waals surface area contributed by atoms with E-state index in [1.807, 2.05) is 30.3 Å². The second-order valence-electron chi connectivity index (χ2n) is 8.59. The second kappa shape index (κ2) is 6.11. The van der Waals surface area contributed by atoms with Crippen LogP contribution in [0.25, 0.3) is 21.8 Å². The molecule has 152 valence electrons. The Kier molecular flexibility index (Phi) is 3.55. The van der Waals surface area contributed by atoms with E-state index in [4.69, 9.17) is 0 Å². The van der Waals surface area contributed by atoms with Gasteiger partial charge in [0.05, 0.1) is 0 Å². The molecule has 5 aromatic rings. The fourth-order valence-electron chi connectivity index (χ4n) is 5.56. The number of hydrogen-bond donors (Lipinski definition) is 3. The SMILES string of the molecule is Cc1ccc2c(c1)C(c1c(C)[nH]c3ccccc13)(c1c(C)[nH]c3ccccc13)C(=O)N2. The van der Waals surface area contributed by atoms with Crippen LogP contribution in [0.15, 0.2) is 66.7 Å². The zero-order valence-electron chi connectivity index (χ0n) is 17.8. The predicted molar refractivity (Wildman–Crippen MR) is 126 cm³/mol. The molecule has 0 spiro atoms. The van der Waals surface area contributed by atoms with Crippen molar-refractivity contribution in [2.75, 3.05) is 5.32 Å². The van der Waals surface area contributed by atoms with Gasteiger partial charge in [0.25, 0.3) is 0 Å². The van der Waals surface area contributed by atoms with Gasteiger partial charge in [0, 0.05) is 55.6 Å². The Hall–Kier alpha value is -3.79. The van der Waals surface area contributed by atoms with Crippen molar-refractivity contribution >= 4 is 33.4 Å². The van der Waals surface area contributed by atoms with Gasteiger partial charge in [-0.15, -0.1) is 0 Å². The molecule has 0 saturated carbocycles. The van der Waals surface area contributed by atoms with Gasteiger partial charge in [0.15, 0.2) is 0 Å². The van der Waals surface area contributed by atoms with E-state index in [1.54, 1.807) is 0 Å². The van der Waals surface area contributed by atoms with Crippen LogP contribution in [-0.4, -0.2) is 15.9 Å². The minimum atomic E-state index is -0.950. The first-order chi connectivity index (χ1) is 15.0. The molecule has 6 rings (SSSR count). The van der Waals surface area contributed by atoms with Crippen LogP contribution in [0.2, 0.25) is 0 Å². The molecule has 1 amide bonds. The summed E-state index contributed by atoms with van der Waals surface area (Å²) in [5.74, 6) is -0.00574. The number of rotatable bonds is 2.